The summed E-state index contributed by atoms with van der Waals surface area (Å²) in [7, 11) is 0. The number of hydrogen-bond acceptors (Lipinski definition) is 4. The Labute approximate surface area is 160 Å². The highest BCUT2D eigenvalue weighted by Gasteiger charge is 2.33. The number of piperidine rings is 1. The van der Waals surface area contributed by atoms with E-state index in [1.54, 1.807) is 23.4 Å². The maximum atomic E-state index is 13.0. The molecule has 1 amide bonds. The molecule has 3 aromatic rings. The van der Waals surface area contributed by atoms with Crippen LogP contribution in [0.3, 0.4) is 0 Å². The molecule has 0 spiro atoms. The molecule has 0 bridgehead atoms. The van der Waals surface area contributed by atoms with Crippen LogP contribution in [-0.4, -0.2) is 32.6 Å². The largest absolute Gasteiger partial charge is 0.294 e. The van der Waals surface area contributed by atoms with Gasteiger partial charge in [0.1, 0.15) is 5.02 Å². The van der Waals surface area contributed by atoms with Gasteiger partial charge in [-0.3, -0.25) is 19.8 Å². The number of halogens is 2. The number of pyridine rings is 2. The number of nitrogens with zero attached hydrogens (tertiary/aromatic N) is 4. The van der Waals surface area contributed by atoms with Gasteiger partial charge in [-0.15, -0.1) is 0 Å². The van der Waals surface area contributed by atoms with Gasteiger partial charge in [0.25, 0.3) is 0 Å². The van der Waals surface area contributed by atoms with Gasteiger partial charge in [0.15, 0.2) is 5.82 Å². The van der Waals surface area contributed by atoms with Crippen LogP contribution in [0, 0.1) is 11.9 Å². The fourth-order valence-corrected chi connectivity index (χ4v) is 3.66. The molecule has 1 aliphatic heterocycles. The Morgan fingerprint density at radius 3 is 2.81 bits per heavy atom. The first-order valence-corrected chi connectivity index (χ1v) is 9.07. The summed E-state index contributed by atoms with van der Waals surface area (Å²) >= 11 is 6.52. The van der Waals surface area contributed by atoms with Crippen molar-refractivity contribution in [3.05, 3.63) is 59.4 Å². The van der Waals surface area contributed by atoms with Crippen LogP contribution in [0.1, 0.15) is 18.4 Å². The Morgan fingerprint density at radius 1 is 1.26 bits per heavy atom. The Bertz CT molecular complexity index is 944. The van der Waals surface area contributed by atoms with Crippen LogP contribution in [0.4, 0.5) is 10.2 Å². The summed E-state index contributed by atoms with van der Waals surface area (Å²) in [6, 6.07) is 6.63. The summed E-state index contributed by atoms with van der Waals surface area (Å²) in [5.74, 6) is -0.318. The molecule has 0 radical (unpaired) electrons. The lowest BCUT2D eigenvalue weighted by atomic mass is 9.91. The normalized spacial score (nSPS) is 17.3. The molecule has 1 saturated heterocycles. The number of nitrogens with one attached hydrogen (secondary N) is 1. The highest BCUT2D eigenvalue weighted by atomic mass is 35.5. The lowest BCUT2D eigenvalue weighted by molar-refractivity contribution is -0.123. The number of aromatic amines is 1. The monoisotopic (exact) mass is 385 g/mol. The summed E-state index contributed by atoms with van der Waals surface area (Å²) in [6.45, 7) is 0.567. The molecule has 0 unspecified atom stereocenters. The second-order valence-corrected chi connectivity index (χ2v) is 6.87. The van der Waals surface area contributed by atoms with E-state index in [0.29, 0.717) is 29.5 Å². The van der Waals surface area contributed by atoms with E-state index >= 15 is 0 Å². The highest BCUT2D eigenvalue weighted by molar-refractivity contribution is 6.36. The molecular formula is C19H17ClFN5O. The number of anilines is 1. The highest BCUT2D eigenvalue weighted by Crippen LogP contribution is 2.36. The van der Waals surface area contributed by atoms with E-state index in [-0.39, 0.29) is 11.8 Å². The second-order valence-electron chi connectivity index (χ2n) is 6.49. The van der Waals surface area contributed by atoms with Gasteiger partial charge in [0, 0.05) is 36.6 Å². The molecule has 27 heavy (non-hydrogen) atoms. The van der Waals surface area contributed by atoms with E-state index in [2.05, 4.69) is 20.2 Å². The van der Waals surface area contributed by atoms with Gasteiger partial charge in [-0.1, -0.05) is 17.7 Å². The first kappa shape index (κ1) is 17.6. The zero-order valence-corrected chi connectivity index (χ0v) is 15.2. The number of rotatable bonds is 4. The van der Waals surface area contributed by atoms with Gasteiger partial charge >= 0.3 is 0 Å². The number of amides is 1. The van der Waals surface area contributed by atoms with Crippen LogP contribution < -0.4 is 4.90 Å². The van der Waals surface area contributed by atoms with Crippen molar-refractivity contribution in [1.29, 1.82) is 0 Å². The Balaban J connectivity index is 1.56. The van der Waals surface area contributed by atoms with E-state index < -0.39 is 5.95 Å². The van der Waals surface area contributed by atoms with Crippen molar-refractivity contribution in [2.75, 3.05) is 11.4 Å². The Kier molecular flexibility index (Phi) is 4.85. The molecule has 1 aliphatic rings. The number of hydrogen-bond donors (Lipinski definition) is 1. The molecule has 4 heterocycles. The topological polar surface area (TPSA) is 74.8 Å². The molecule has 1 atom stereocenters. The number of aromatic nitrogens is 4. The second kappa shape index (κ2) is 7.44. The minimum atomic E-state index is -0.526. The van der Waals surface area contributed by atoms with Gasteiger partial charge in [-0.2, -0.15) is 9.49 Å². The fraction of sp³-hybridized carbons (Fsp3) is 0.263. The average Bonchev–Trinajstić information content (AvgIpc) is 3.07. The summed E-state index contributed by atoms with van der Waals surface area (Å²) in [5, 5.41) is 7.62. The average molecular weight is 386 g/mol. The molecule has 138 valence electrons. The van der Waals surface area contributed by atoms with Crippen LogP contribution in [0.5, 0.6) is 0 Å². The van der Waals surface area contributed by atoms with Crippen LogP contribution in [0.15, 0.2) is 42.9 Å². The summed E-state index contributed by atoms with van der Waals surface area (Å²) < 4.78 is 13.0. The third kappa shape index (κ3) is 3.55. The van der Waals surface area contributed by atoms with Crippen LogP contribution in [0.25, 0.3) is 11.3 Å². The number of carbonyl (C=O) groups excluding carboxylic acids is 1. The number of H-pyrrole nitrogens is 1. The molecular weight excluding hydrogens is 369 g/mol. The minimum absolute atomic E-state index is 0.0275. The lowest BCUT2D eigenvalue weighted by Gasteiger charge is -2.31. The summed E-state index contributed by atoms with van der Waals surface area (Å²) in [4.78, 5) is 22.3. The minimum Gasteiger partial charge on any atom is -0.294 e. The lowest BCUT2D eigenvalue weighted by Crippen LogP contribution is -2.42. The maximum Gasteiger partial charge on any atom is 0.231 e. The SMILES string of the molecule is O=C1[C@@H](Cc2ccc(F)nc2)CCCN1c1n[nH]c(-c2ccncc2)c1Cl. The third-order valence-corrected chi connectivity index (χ3v) is 5.09. The molecule has 8 heteroatoms. The predicted molar refractivity (Wildman–Crippen MR) is 99.8 cm³/mol. The maximum absolute atomic E-state index is 13.0. The van der Waals surface area contributed by atoms with E-state index in [4.69, 9.17) is 11.6 Å². The van der Waals surface area contributed by atoms with Crippen LogP contribution >= 0.6 is 11.6 Å². The zero-order valence-electron chi connectivity index (χ0n) is 14.4. The summed E-state index contributed by atoms with van der Waals surface area (Å²) in [6.07, 6.45) is 6.95. The predicted octanol–water partition coefficient (Wildman–Crippen LogP) is 3.64. The van der Waals surface area contributed by atoms with Crippen molar-refractivity contribution in [2.24, 2.45) is 5.92 Å². The van der Waals surface area contributed by atoms with Crippen molar-refractivity contribution in [3.8, 4) is 11.3 Å². The van der Waals surface area contributed by atoms with Gasteiger partial charge in [0.05, 0.1) is 5.69 Å². The molecule has 0 saturated carbocycles. The van der Waals surface area contributed by atoms with E-state index in [1.807, 2.05) is 12.1 Å². The van der Waals surface area contributed by atoms with Crippen molar-refractivity contribution >= 4 is 23.3 Å². The fourth-order valence-electron chi connectivity index (χ4n) is 3.37. The molecule has 0 aliphatic carbocycles. The molecule has 6 nitrogen and oxygen atoms in total. The molecule has 3 aromatic heterocycles. The summed E-state index contributed by atoms with van der Waals surface area (Å²) in [5.41, 5.74) is 2.35. The standard InChI is InChI=1S/C19H17ClFN5O/c20-16-17(13-5-7-22-8-6-13)24-25-18(16)26-9-1-2-14(19(26)27)10-12-3-4-15(21)23-11-12/h3-8,11,14H,1-2,9-10H2,(H,24,25)/t14-/m1/s1. The van der Waals surface area contributed by atoms with Gasteiger partial charge in [-0.25, -0.2) is 4.98 Å². The van der Waals surface area contributed by atoms with E-state index in [0.717, 1.165) is 24.0 Å². The molecule has 4 rings (SSSR count). The van der Waals surface area contributed by atoms with Crippen molar-refractivity contribution in [2.45, 2.75) is 19.3 Å². The third-order valence-electron chi connectivity index (χ3n) is 4.73. The van der Waals surface area contributed by atoms with E-state index in [9.17, 15) is 9.18 Å². The van der Waals surface area contributed by atoms with Gasteiger partial charge in [-0.05, 0) is 43.0 Å². The molecule has 1 fully saturated rings. The quantitative estimate of drug-likeness (QED) is 0.696. The van der Waals surface area contributed by atoms with Crippen LogP contribution in [0.2, 0.25) is 5.02 Å². The molecule has 0 aromatic carbocycles. The van der Waals surface area contributed by atoms with Crippen molar-refractivity contribution < 1.29 is 9.18 Å². The first-order chi connectivity index (χ1) is 13.1. The number of carbonyl (C=O) groups is 1. The molecule has 1 N–H and O–H groups in total. The zero-order chi connectivity index (χ0) is 18.8. The van der Waals surface area contributed by atoms with Gasteiger partial charge in [0.2, 0.25) is 11.9 Å². The van der Waals surface area contributed by atoms with Gasteiger partial charge < -0.3 is 0 Å². The first-order valence-electron chi connectivity index (χ1n) is 8.69. The Hall–Kier alpha value is -2.80. The van der Waals surface area contributed by atoms with Crippen molar-refractivity contribution in [1.82, 2.24) is 20.2 Å². The smallest absolute Gasteiger partial charge is 0.231 e. The Morgan fingerprint density at radius 2 is 2.07 bits per heavy atom. The van der Waals surface area contributed by atoms with Crippen molar-refractivity contribution in [3.63, 3.8) is 0 Å². The van der Waals surface area contributed by atoms with E-state index in [1.165, 1.54) is 12.3 Å². The van der Waals surface area contributed by atoms with Crippen LogP contribution in [-0.2, 0) is 11.2 Å².